The highest BCUT2D eigenvalue weighted by Gasteiger charge is 2.15. The van der Waals surface area contributed by atoms with Crippen LogP contribution in [0.3, 0.4) is 0 Å². The third-order valence-corrected chi connectivity index (χ3v) is 4.74. The predicted molar refractivity (Wildman–Crippen MR) is 80.6 cm³/mol. The van der Waals surface area contributed by atoms with Crippen LogP contribution in [0, 0.1) is 20.8 Å². The molecule has 0 aliphatic rings. The Kier molecular flexibility index (Phi) is 4.10. The molecular weight excluding hydrogens is 262 g/mol. The first-order valence-electron chi connectivity index (χ1n) is 6.04. The molecule has 0 radical (unpaired) electrons. The minimum absolute atomic E-state index is 0.0161. The summed E-state index contributed by atoms with van der Waals surface area (Å²) in [5.41, 5.74) is 11.6. The summed E-state index contributed by atoms with van der Waals surface area (Å²) in [4.78, 5) is 1.08. The van der Waals surface area contributed by atoms with Crippen molar-refractivity contribution in [2.75, 3.05) is 0 Å². The zero-order valence-corrected chi connectivity index (χ0v) is 12.5. The van der Waals surface area contributed by atoms with E-state index in [1.165, 1.54) is 22.3 Å². The fourth-order valence-electron chi connectivity index (χ4n) is 2.41. The van der Waals surface area contributed by atoms with Gasteiger partial charge in [0.1, 0.15) is 0 Å². The largest absolute Gasteiger partial charge is 0.323 e. The minimum Gasteiger partial charge on any atom is -0.323 e. The maximum atomic E-state index is 6.27. The van der Waals surface area contributed by atoms with E-state index < -0.39 is 0 Å². The van der Waals surface area contributed by atoms with Crippen molar-refractivity contribution < 1.29 is 0 Å². The SMILES string of the molecule is Cc1cc(C)c(CC(N)c2sccc2Cl)c(C)c1. The van der Waals surface area contributed by atoms with Gasteiger partial charge in [0.05, 0.1) is 5.02 Å². The third-order valence-electron chi connectivity index (χ3n) is 3.25. The second kappa shape index (κ2) is 5.43. The van der Waals surface area contributed by atoms with Crippen LogP contribution in [0.2, 0.25) is 5.02 Å². The molecule has 0 aliphatic heterocycles. The van der Waals surface area contributed by atoms with Crippen molar-refractivity contribution in [2.24, 2.45) is 5.73 Å². The molecule has 2 rings (SSSR count). The number of halogens is 1. The van der Waals surface area contributed by atoms with Gasteiger partial charge in [0.15, 0.2) is 0 Å². The van der Waals surface area contributed by atoms with Crippen molar-refractivity contribution in [1.29, 1.82) is 0 Å². The molecule has 0 amide bonds. The molecule has 2 N–H and O–H groups in total. The van der Waals surface area contributed by atoms with Crippen LogP contribution in [0.5, 0.6) is 0 Å². The number of hydrogen-bond acceptors (Lipinski definition) is 2. The molecule has 0 aliphatic carbocycles. The number of rotatable bonds is 3. The lowest BCUT2D eigenvalue weighted by Crippen LogP contribution is -2.14. The van der Waals surface area contributed by atoms with Crippen LogP contribution in [-0.2, 0) is 6.42 Å². The Morgan fingerprint density at radius 2 is 1.83 bits per heavy atom. The monoisotopic (exact) mass is 279 g/mol. The Hall–Kier alpha value is -0.830. The van der Waals surface area contributed by atoms with E-state index in [1.54, 1.807) is 11.3 Å². The summed E-state index contributed by atoms with van der Waals surface area (Å²) >= 11 is 7.77. The van der Waals surface area contributed by atoms with E-state index in [2.05, 4.69) is 32.9 Å². The molecule has 2 aromatic rings. The average molecular weight is 280 g/mol. The summed E-state index contributed by atoms with van der Waals surface area (Å²) in [6, 6.07) is 6.32. The van der Waals surface area contributed by atoms with Crippen molar-refractivity contribution in [3.05, 3.63) is 55.7 Å². The van der Waals surface area contributed by atoms with Gasteiger partial charge in [-0.05, 0) is 55.3 Å². The Labute approximate surface area is 118 Å². The molecular formula is C15H18ClNS. The van der Waals surface area contributed by atoms with Crippen molar-refractivity contribution in [1.82, 2.24) is 0 Å². The number of thiophene rings is 1. The number of aryl methyl sites for hydroxylation is 3. The lowest BCUT2D eigenvalue weighted by molar-refractivity contribution is 0.729. The smallest absolute Gasteiger partial charge is 0.0561 e. The van der Waals surface area contributed by atoms with E-state index in [-0.39, 0.29) is 6.04 Å². The fraction of sp³-hybridized carbons (Fsp3) is 0.333. The molecule has 96 valence electrons. The number of nitrogens with two attached hydrogens (primary N) is 1. The first-order chi connectivity index (χ1) is 8.49. The van der Waals surface area contributed by atoms with Crippen LogP contribution in [0.25, 0.3) is 0 Å². The van der Waals surface area contributed by atoms with Gasteiger partial charge in [-0.25, -0.2) is 0 Å². The molecule has 18 heavy (non-hydrogen) atoms. The zero-order chi connectivity index (χ0) is 13.3. The maximum Gasteiger partial charge on any atom is 0.0561 e. The fourth-order valence-corrected chi connectivity index (χ4v) is 3.62. The van der Waals surface area contributed by atoms with Crippen molar-refractivity contribution >= 4 is 22.9 Å². The maximum absolute atomic E-state index is 6.27. The van der Waals surface area contributed by atoms with Gasteiger partial charge >= 0.3 is 0 Å². The van der Waals surface area contributed by atoms with E-state index in [0.29, 0.717) is 0 Å². The zero-order valence-electron chi connectivity index (χ0n) is 11.0. The van der Waals surface area contributed by atoms with Gasteiger partial charge < -0.3 is 5.73 Å². The summed E-state index contributed by atoms with van der Waals surface area (Å²) in [5.74, 6) is 0. The van der Waals surface area contributed by atoms with Crippen LogP contribution in [0.4, 0.5) is 0 Å². The molecule has 0 saturated heterocycles. The van der Waals surface area contributed by atoms with Gasteiger partial charge in [0.2, 0.25) is 0 Å². The molecule has 0 saturated carbocycles. The highest BCUT2D eigenvalue weighted by Crippen LogP contribution is 2.30. The van der Waals surface area contributed by atoms with E-state index >= 15 is 0 Å². The third kappa shape index (κ3) is 2.77. The van der Waals surface area contributed by atoms with Gasteiger partial charge in [-0.15, -0.1) is 11.3 Å². The van der Waals surface area contributed by atoms with Crippen LogP contribution in [-0.4, -0.2) is 0 Å². The second-order valence-corrected chi connectivity index (χ2v) is 6.18. The van der Waals surface area contributed by atoms with Gasteiger partial charge in [0.25, 0.3) is 0 Å². The van der Waals surface area contributed by atoms with Crippen molar-refractivity contribution in [3.8, 4) is 0 Å². The predicted octanol–water partition coefficient (Wildman–Crippen LogP) is 4.57. The molecule has 1 heterocycles. The molecule has 1 atom stereocenters. The lowest BCUT2D eigenvalue weighted by Gasteiger charge is -2.16. The summed E-state index contributed by atoms with van der Waals surface area (Å²) in [5, 5.41) is 2.78. The van der Waals surface area contributed by atoms with E-state index in [1.807, 2.05) is 11.4 Å². The highest BCUT2D eigenvalue weighted by molar-refractivity contribution is 7.10. The van der Waals surface area contributed by atoms with Gasteiger partial charge in [-0.1, -0.05) is 29.3 Å². The molecule has 1 unspecified atom stereocenters. The summed E-state index contributed by atoms with van der Waals surface area (Å²) in [6.45, 7) is 6.43. The van der Waals surface area contributed by atoms with Gasteiger partial charge in [-0.3, -0.25) is 0 Å². The Bertz CT molecular complexity index is 536. The molecule has 0 fully saturated rings. The number of hydrogen-bond donors (Lipinski definition) is 1. The Morgan fingerprint density at radius 1 is 1.22 bits per heavy atom. The van der Waals surface area contributed by atoms with Crippen LogP contribution >= 0.6 is 22.9 Å². The van der Waals surface area contributed by atoms with Crippen LogP contribution in [0.15, 0.2) is 23.6 Å². The van der Waals surface area contributed by atoms with E-state index in [0.717, 1.165) is 16.3 Å². The van der Waals surface area contributed by atoms with Crippen LogP contribution < -0.4 is 5.73 Å². The lowest BCUT2D eigenvalue weighted by atomic mass is 9.94. The standard InChI is InChI=1S/C15H18ClNS/c1-9-6-10(2)12(11(3)7-9)8-14(17)15-13(16)4-5-18-15/h4-7,14H,8,17H2,1-3H3. The molecule has 1 aromatic carbocycles. The Morgan fingerprint density at radius 3 is 2.33 bits per heavy atom. The summed E-state index contributed by atoms with van der Waals surface area (Å²) in [6.07, 6.45) is 0.845. The molecule has 3 heteroatoms. The molecule has 1 aromatic heterocycles. The second-order valence-electron chi connectivity index (χ2n) is 4.82. The van der Waals surface area contributed by atoms with E-state index in [4.69, 9.17) is 17.3 Å². The molecule has 1 nitrogen and oxygen atoms in total. The summed E-state index contributed by atoms with van der Waals surface area (Å²) in [7, 11) is 0. The number of benzene rings is 1. The van der Waals surface area contributed by atoms with Gasteiger partial charge in [-0.2, -0.15) is 0 Å². The Balaban J connectivity index is 2.27. The summed E-state index contributed by atoms with van der Waals surface area (Å²) < 4.78 is 0. The van der Waals surface area contributed by atoms with Crippen molar-refractivity contribution in [2.45, 2.75) is 33.2 Å². The van der Waals surface area contributed by atoms with Crippen LogP contribution in [0.1, 0.15) is 33.2 Å². The first-order valence-corrected chi connectivity index (χ1v) is 7.30. The molecule has 0 spiro atoms. The average Bonchev–Trinajstić information content (AvgIpc) is 2.69. The van der Waals surface area contributed by atoms with Crippen molar-refractivity contribution in [3.63, 3.8) is 0 Å². The minimum atomic E-state index is -0.0161. The first kappa shape index (κ1) is 13.6. The van der Waals surface area contributed by atoms with E-state index in [9.17, 15) is 0 Å². The normalized spacial score (nSPS) is 12.7. The highest BCUT2D eigenvalue weighted by atomic mass is 35.5. The van der Waals surface area contributed by atoms with Gasteiger partial charge in [0, 0.05) is 10.9 Å². The topological polar surface area (TPSA) is 26.0 Å². The molecule has 0 bridgehead atoms. The quantitative estimate of drug-likeness (QED) is 0.875.